The molecule has 94 valence electrons. The molecule has 3 aromatic rings. The van der Waals surface area contributed by atoms with Crippen LogP contribution in [-0.2, 0) is 0 Å². The van der Waals surface area contributed by atoms with Crippen molar-refractivity contribution < 1.29 is 9.90 Å². The van der Waals surface area contributed by atoms with Gasteiger partial charge in [-0.25, -0.2) is 9.78 Å². The molecular weight excluding hydrogens is 308 g/mol. The van der Waals surface area contributed by atoms with Gasteiger partial charge >= 0.3 is 5.97 Å². The molecular formula is C14H9BrN2O2. The quantitative estimate of drug-likeness (QED) is 0.787. The van der Waals surface area contributed by atoms with Crippen molar-refractivity contribution in [1.82, 2.24) is 9.38 Å². The minimum Gasteiger partial charge on any atom is -0.476 e. The number of aromatic nitrogens is 2. The molecule has 0 atom stereocenters. The van der Waals surface area contributed by atoms with Crippen LogP contribution in [0.2, 0.25) is 0 Å². The molecule has 0 amide bonds. The van der Waals surface area contributed by atoms with E-state index in [0.717, 1.165) is 10.0 Å². The topological polar surface area (TPSA) is 54.6 Å². The van der Waals surface area contributed by atoms with Crippen LogP contribution in [0, 0.1) is 0 Å². The van der Waals surface area contributed by atoms with Crippen LogP contribution < -0.4 is 0 Å². The van der Waals surface area contributed by atoms with Crippen molar-refractivity contribution >= 4 is 27.5 Å². The highest BCUT2D eigenvalue weighted by atomic mass is 79.9. The van der Waals surface area contributed by atoms with Gasteiger partial charge < -0.3 is 5.11 Å². The highest BCUT2D eigenvalue weighted by Crippen LogP contribution is 2.26. The number of hydrogen-bond acceptors (Lipinski definition) is 2. The molecule has 0 radical (unpaired) electrons. The van der Waals surface area contributed by atoms with Crippen LogP contribution in [0.1, 0.15) is 10.5 Å². The average molecular weight is 317 g/mol. The summed E-state index contributed by atoms with van der Waals surface area (Å²) in [5, 5.41) is 9.31. The Balaban J connectivity index is 2.40. The Morgan fingerprint density at radius 3 is 2.58 bits per heavy atom. The second kappa shape index (κ2) is 4.51. The first-order chi connectivity index (χ1) is 9.16. The van der Waals surface area contributed by atoms with E-state index in [1.54, 1.807) is 10.5 Å². The molecule has 0 fully saturated rings. The van der Waals surface area contributed by atoms with Gasteiger partial charge in [-0.2, -0.15) is 0 Å². The summed E-state index contributed by atoms with van der Waals surface area (Å²) < 4.78 is 2.65. The molecule has 19 heavy (non-hydrogen) atoms. The number of carboxylic acids is 1. The Labute approximate surface area is 117 Å². The fourth-order valence-electron chi connectivity index (χ4n) is 2.04. The van der Waals surface area contributed by atoms with Crippen molar-refractivity contribution in [1.29, 1.82) is 0 Å². The van der Waals surface area contributed by atoms with E-state index in [9.17, 15) is 9.90 Å². The molecule has 1 aromatic carbocycles. The zero-order valence-electron chi connectivity index (χ0n) is 9.75. The molecule has 0 aliphatic rings. The Hall–Kier alpha value is -2.14. The van der Waals surface area contributed by atoms with E-state index >= 15 is 0 Å². The zero-order valence-corrected chi connectivity index (χ0v) is 11.3. The summed E-state index contributed by atoms with van der Waals surface area (Å²) in [5.74, 6) is -1.03. The van der Waals surface area contributed by atoms with Crippen LogP contribution in [0.15, 0.2) is 53.1 Å². The van der Waals surface area contributed by atoms with Gasteiger partial charge in [-0.15, -0.1) is 0 Å². The number of fused-ring (bicyclic) bond motifs is 1. The first-order valence-corrected chi connectivity index (χ1v) is 6.42. The smallest absolute Gasteiger partial charge is 0.356 e. The van der Waals surface area contributed by atoms with Gasteiger partial charge in [0, 0.05) is 16.2 Å². The SMILES string of the molecule is O=C(O)c1nc2ccc(Br)cn2c1-c1ccccc1. The zero-order chi connectivity index (χ0) is 13.4. The van der Waals surface area contributed by atoms with Gasteiger partial charge in [0.25, 0.3) is 0 Å². The Bertz CT molecular complexity index is 766. The number of aromatic carboxylic acids is 1. The number of pyridine rings is 1. The van der Waals surface area contributed by atoms with E-state index in [-0.39, 0.29) is 5.69 Å². The van der Waals surface area contributed by atoms with Gasteiger partial charge in [0.2, 0.25) is 0 Å². The summed E-state index contributed by atoms with van der Waals surface area (Å²) in [4.78, 5) is 15.5. The molecule has 0 aliphatic heterocycles. The molecule has 2 aromatic heterocycles. The lowest BCUT2D eigenvalue weighted by atomic mass is 10.1. The van der Waals surface area contributed by atoms with Crippen molar-refractivity contribution in [2.24, 2.45) is 0 Å². The molecule has 4 nitrogen and oxygen atoms in total. The number of hydrogen-bond donors (Lipinski definition) is 1. The molecule has 3 rings (SSSR count). The van der Waals surface area contributed by atoms with Gasteiger partial charge in [-0.3, -0.25) is 4.40 Å². The predicted molar refractivity (Wildman–Crippen MR) is 75.3 cm³/mol. The summed E-state index contributed by atoms with van der Waals surface area (Å²) in [6.45, 7) is 0. The maximum absolute atomic E-state index is 11.4. The number of rotatable bonds is 2. The van der Waals surface area contributed by atoms with Gasteiger partial charge in [0.05, 0.1) is 5.69 Å². The highest BCUT2D eigenvalue weighted by molar-refractivity contribution is 9.10. The third-order valence-electron chi connectivity index (χ3n) is 2.83. The first kappa shape index (κ1) is 11.9. The fourth-order valence-corrected chi connectivity index (χ4v) is 2.38. The van der Waals surface area contributed by atoms with E-state index in [4.69, 9.17) is 0 Å². The number of carboxylic acid groups (broad SMARTS) is 1. The van der Waals surface area contributed by atoms with Crippen molar-refractivity contribution in [2.45, 2.75) is 0 Å². The molecule has 0 spiro atoms. The monoisotopic (exact) mass is 316 g/mol. The van der Waals surface area contributed by atoms with Crippen LogP contribution >= 0.6 is 15.9 Å². The molecule has 0 unspecified atom stereocenters. The lowest BCUT2D eigenvalue weighted by Gasteiger charge is -2.03. The molecule has 0 saturated carbocycles. The normalized spacial score (nSPS) is 10.8. The number of carbonyl (C=O) groups is 1. The van der Waals surface area contributed by atoms with Gasteiger partial charge in [-0.05, 0) is 28.1 Å². The summed E-state index contributed by atoms with van der Waals surface area (Å²) in [5.41, 5.74) is 2.08. The van der Waals surface area contributed by atoms with Crippen LogP contribution in [0.25, 0.3) is 16.9 Å². The van der Waals surface area contributed by atoms with Gasteiger partial charge in [0.15, 0.2) is 5.69 Å². The summed E-state index contributed by atoms with van der Waals surface area (Å²) in [6.07, 6.45) is 1.82. The molecule has 1 N–H and O–H groups in total. The second-order valence-corrected chi connectivity index (χ2v) is 4.97. The van der Waals surface area contributed by atoms with Crippen LogP contribution in [0.3, 0.4) is 0 Å². The summed E-state index contributed by atoms with van der Waals surface area (Å²) in [7, 11) is 0. The minimum absolute atomic E-state index is 0.0595. The average Bonchev–Trinajstić information content (AvgIpc) is 2.78. The van der Waals surface area contributed by atoms with Crippen LogP contribution in [0.5, 0.6) is 0 Å². The Morgan fingerprint density at radius 1 is 1.16 bits per heavy atom. The van der Waals surface area contributed by atoms with Crippen LogP contribution in [0.4, 0.5) is 0 Å². The summed E-state index contributed by atoms with van der Waals surface area (Å²) >= 11 is 3.39. The maximum Gasteiger partial charge on any atom is 0.356 e. The number of benzene rings is 1. The third-order valence-corrected chi connectivity index (χ3v) is 3.30. The van der Waals surface area contributed by atoms with Gasteiger partial charge in [-0.1, -0.05) is 30.3 Å². The van der Waals surface area contributed by atoms with E-state index in [0.29, 0.717) is 11.3 Å². The van der Waals surface area contributed by atoms with E-state index in [1.807, 2.05) is 42.6 Å². The third kappa shape index (κ3) is 2.02. The Morgan fingerprint density at radius 2 is 1.89 bits per heavy atom. The van der Waals surface area contributed by atoms with Crippen molar-refractivity contribution in [2.75, 3.05) is 0 Å². The highest BCUT2D eigenvalue weighted by Gasteiger charge is 2.19. The number of nitrogens with zero attached hydrogens (tertiary/aromatic N) is 2. The van der Waals surface area contributed by atoms with Crippen LogP contribution in [-0.4, -0.2) is 20.5 Å². The first-order valence-electron chi connectivity index (χ1n) is 5.63. The standard InChI is InChI=1S/C14H9BrN2O2/c15-10-6-7-11-16-12(14(18)19)13(17(11)8-10)9-4-2-1-3-5-9/h1-8H,(H,18,19). The molecule has 0 bridgehead atoms. The molecule has 5 heteroatoms. The molecule has 2 heterocycles. The molecule has 0 saturated heterocycles. The second-order valence-electron chi connectivity index (χ2n) is 4.06. The van der Waals surface area contributed by atoms with E-state index in [2.05, 4.69) is 20.9 Å². The lowest BCUT2D eigenvalue weighted by Crippen LogP contribution is -2.00. The fraction of sp³-hybridized carbons (Fsp3) is 0. The maximum atomic E-state index is 11.4. The largest absolute Gasteiger partial charge is 0.476 e. The molecule has 0 aliphatic carbocycles. The lowest BCUT2D eigenvalue weighted by molar-refractivity contribution is 0.0692. The van der Waals surface area contributed by atoms with Crippen molar-refractivity contribution in [3.8, 4) is 11.3 Å². The minimum atomic E-state index is -1.03. The van der Waals surface area contributed by atoms with E-state index in [1.165, 1.54) is 0 Å². The summed E-state index contributed by atoms with van der Waals surface area (Å²) in [6, 6.07) is 13.0. The predicted octanol–water partition coefficient (Wildman–Crippen LogP) is 3.46. The number of imidazole rings is 1. The van der Waals surface area contributed by atoms with Gasteiger partial charge in [0.1, 0.15) is 5.65 Å². The Kier molecular flexibility index (Phi) is 2.83. The van der Waals surface area contributed by atoms with E-state index < -0.39 is 5.97 Å². The van der Waals surface area contributed by atoms with Crippen molar-refractivity contribution in [3.63, 3.8) is 0 Å². The number of halogens is 1. The van der Waals surface area contributed by atoms with Crippen molar-refractivity contribution in [3.05, 3.63) is 58.8 Å².